The number of aliphatic hydroxyl groups is 1. The van der Waals surface area contributed by atoms with E-state index in [4.69, 9.17) is 4.74 Å². The summed E-state index contributed by atoms with van der Waals surface area (Å²) in [6.45, 7) is 6.00. The number of carbonyl (C=O) groups is 1. The monoisotopic (exact) mass is 366 g/mol. The van der Waals surface area contributed by atoms with Gasteiger partial charge in [0.1, 0.15) is 12.7 Å². The van der Waals surface area contributed by atoms with E-state index in [1.807, 2.05) is 0 Å². The van der Waals surface area contributed by atoms with E-state index in [0.717, 1.165) is 32.2 Å². The maximum Gasteiger partial charge on any atom is 0.224 e. The Morgan fingerprint density at radius 2 is 2.19 bits per heavy atom. The third-order valence-corrected chi connectivity index (χ3v) is 4.92. The summed E-state index contributed by atoms with van der Waals surface area (Å²) in [6.07, 6.45) is 3.11. The highest BCUT2D eigenvalue weighted by molar-refractivity contribution is 5.78. The highest BCUT2D eigenvalue weighted by Crippen LogP contribution is 2.22. The van der Waals surface area contributed by atoms with Gasteiger partial charge in [0, 0.05) is 25.7 Å². The van der Waals surface area contributed by atoms with Gasteiger partial charge >= 0.3 is 0 Å². The van der Waals surface area contributed by atoms with E-state index in [1.165, 1.54) is 6.07 Å². The van der Waals surface area contributed by atoms with Crippen LogP contribution in [0.1, 0.15) is 39.5 Å². The average Bonchev–Trinajstić information content (AvgIpc) is 2.63. The fraction of sp³-hybridized carbons (Fsp3) is 0.650. The van der Waals surface area contributed by atoms with Crippen LogP contribution in [0.5, 0.6) is 5.75 Å². The fourth-order valence-corrected chi connectivity index (χ4v) is 3.25. The SMILES string of the molecule is CCCCNC(=O)C1CCC(C)N(CC(O)COc2ccccc2F)C1. The number of ether oxygens (including phenoxy) is 1. The van der Waals surface area contributed by atoms with E-state index in [0.29, 0.717) is 19.1 Å². The molecular weight excluding hydrogens is 335 g/mol. The van der Waals surface area contributed by atoms with Crippen molar-refractivity contribution in [1.29, 1.82) is 0 Å². The van der Waals surface area contributed by atoms with Crippen molar-refractivity contribution >= 4 is 5.91 Å². The minimum atomic E-state index is -0.737. The number of aliphatic hydroxyl groups excluding tert-OH is 1. The van der Waals surface area contributed by atoms with E-state index >= 15 is 0 Å². The molecule has 1 aliphatic rings. The lowest BCUT2D eigenvalue weighted by Gasteiger charge is -2.38. The van der Waals surface area contributed by atoms with Crippen LogP contribution in [-0.4, -0.2) is 54.3 Å². The molecule has 26 heavy (non-hydrogen) atoms. The van der Waals surface area contributed by atoms with Gasteiger partial charge in [0.15, 0.2) is 11.6 Å². The van der Waals surface area contributed by atoms with Gasteiger partial charge in [-0.05, 0) is 38.3 Å². The number of carbonyl (C=O) groups excluding carboxylic acids is 1. The molecule has 0 aliphatic carbocycles. The zero-order valence-electron chi connectivity index (χ0n) is 15.8. The second-order valence-corrected chi connectivity index (χ2v) is 7.12. The number of rotatable bonds is 9. The summed E-state index contributed by atoms with van der Waals surface area (Å²) in [5, 5.41) is 13.3. The minimum Gasteiger partial charge on any atom is -0.488 e. The Morgan fingerprint density at radius 3 is 2.92 bits per heavy atom. The summed E-state index contributed by atoms with van der Waals surface area (Å²) in [6, 6.07) is 6.47. The summed E-state index contributed by atoms with van der Waals surface area (Å²) in [5.74, 6) is -0.225. The van der Waals surface area contributed by atoms with Crippen molar-refractivity contribution in [3.63, 3.8) is 0 Å². The van der Waals surface area contributed by atoms with E-state index < -0.39 is 11.9 Å². The number of unbranched alkanes of at least 4 members (excludes halogenated alkanes) is 1. The molecule has 0 bridgehead atoms. The van der Waals surface area contributed by atoms with Gasteiger partial charge in [0.25, 0.3) is 0 Å². The molecule has 1 heterocycles. The predicted molar refractivity (Wildman–Crippen MR) is 99.6 cm³/mol. The highest BCUT2D eigenvalue weighted by Gasteiger charge is 2.30. The molecule has 0 aromatic heterocycles. The second kappa shape index (κ2) is 10.5. The third-order valence-electron chi connectivity index (χ3n) is 4.92. The first-order valence-corrected chi connectivity index (χ1v) is 9.58. The van der Waals surface area contributed by atoms with Gasteiger partial charge in [-0.1, -0.05) is 25.5 Å². The van der Waals surface area contributed by atoms with E-state index in [9.17, 15) is 14.3 Å². The van der Waals surface area contributed by atoms with Crippen molar-refractivity contribution in [2.75, 3.05) is 26.2 Å². The molecule has 146 valence electrons. The van der Waals surface area contributed by atoms with Crippen molar-refractivity contribution in [3.8, 4) is 5.75 Å². The molecule has 5 nitrogen and oxygen atoms in total. The van der Waals surface area contributed by atoms with Crippen LogP contribution in [0, 0.1) is 11.7 Å². The van der Waals surface area contributed by atoms with Crippen molar-refractivity contribution in [2.45, 2.75) is 51.7 Å². The lowest BCUT2D eigenvalue weighted by molar-refractivity contribution is -0.127. The van der Waals surface area contributed by atoms with E-state index in [-0.39, 0.29) is 24.2 Å². The molecule has 1 saturated heterocycles. The fourth-order valence-electron chi connectivity index (χ4n) is 3.25. The number of likely N-dealkylation sites (tertiary alicyclic amines) is 1. The number of hydrogen-bond acceptors (Lipinski definition) is 4. The molecule has 0 saturated carbocycles. The zero-order valence-corrected chi connectivity index (χ0v) is 15.8. The van der Waals surface area contributed by atoms with Crippen molar-refractivity contribution in [2.24, 2.45) is 5.92 Å². The normalized spacial score (nSPS) is 22.0. The number of benzene rings is 1. The average molecular weight is 366 g/mol. The molecule has 2 N–H and O–H groups in total. The first-order chi connectivity index (χ1) is 12.5. The van der Waals surface area contributed by atoms with Crippen molar-refractivity contribution in [1.82, 2.24) is 10.2 Å². The van der Waals surface area contributed by atoms with Gasteiger partial charge < -0.3 is 15.2 Å². The Morgan fingerprint density at radius 1 is 1.42 bits per heavy atom. The van der Waals surface area contributed by atoms with Crippen LogP contribution in [-0.2, 0) is 4.79 Å². The second-order valence-electron chi connectivity index (χ2n) is 7.12. The lowest BCUT2D eigenvalue weighted by Crippen LogP contribution is -2.50. The van der Waals surface area contributed by atoms with Crippen LogP contribution in [0.4, 0.5) is 4.39 Å². The quantitative estimate of drug-likeness (QED) is 0.660. The van der Waals surface area contributed by atoms with Crippen LogP contribution < -0.4 is 10.1 Å². The minimum absolute atomic E-state index is 0.0253. The van der Waals surface area contributed by atoms with Gasteiger partial charge in [-0.2, -0.15) is 0 Å². The molecule has 3 atom stereocenters. The molecule has 1 aromatic carbocycles. The highest BCUT2D eigenvalue weighted by atomic mass is 19.1. The van der Waals surface area contributed by atoms with Crippen LogP contribution in [0.15, 0.2) is 24.3 Å². The molecule has 1 aliphatic heterocycles. The van der Waals surface area contributed by atoms with Crippen LogP contribution in [0.3, 0.4) is 0 Å². The maximum absolute atomic E-state index is 13.6. The van der Waals surface area contributed by atoms with E-state index in [1.54, 1.807) is 18.2 Å². The number of para-hydroxylation sites is 1. The Hall–Kier alpha value is -1.66. The summed E-state index contributed by atoms with van der Waals surface area (Å²) in [5.41, 5.74) is 0. The molecule has 1 amide bonds. The number of nitrogens with zero attached hydrogens (tertiary/aromatic N) is 1. The Labute approximate surface area is 155 Å². The zero-order chi connectivity index (χ0) is 18.9. The van der Waals surface area contributed by atoms with Crippen molar-refractivity contribution < 1.29 is 19.0 Å². The molecule has 1 aromatic rings. The standard InChI is InChI=1S/C20H31FN2O3/c1-3-4-11-22-20(25)16-10-9-15(2)23(12-16)13-17(24)14-26-19-8-6-5-7-18(19)21/h5-8,15-17,24H,3-4,9-14H2,1-2H3,(H,22,25). The summed E-state index contributed by atoms with van der Waals surface area (Å²) in [4.78, 5) is 14.4. The summed E-state index contributed by atoms with van der Waals surface area (Å²) >= 11 is 0. The Balaban J connectivity index is 1.80. The topological polar surface area (TPSA) is 61.8 Å². The Kier molecular flexibility index (Phi) is 8.32. The van der Waals surface area contributed by atoms with Crippen LogP contribution in [0.25, 0.3) is 0 Å². The molecule has 0 radical (unpaired) electrons. The third kappa shape index (κ3) is 6.25. The smallest absolute Gasteiger partial charge is 0.224 e. The number of β-amino-alcohol motifs (C(OH)–C–C–N with tert-alkyl or cyclic N) is 1. The molecule has 0 spiro atoms. The van der Waals surface area contributed by atoms with Gasteiger partial charge in [-0.15, -0.1) is 0 Å². The molecular formula is C20H31FN2O3. The first-order valence-electron chi connectivity index (χ1n) is 9.58. The molecule has 1 fully saturated rings. The number of amides is 1. The van der Waals surface area contributed by atoms with Gasteiger partial charge in [-0.3, -0.25) is 9.69 Å². The molecule has 2 rings (SSSR count). The molecule has 3 unspecified atom stereocenters. The summed E-state index contributed by atoms with van der Waals surface area (Å²) < 4.78 is 19.0. The van der Waals surface area contributed by atoms with Gasteiger partial charge in [0.05, 0.1) is 5.92 Å². The first kappa shape index (κ1) is 20.6. The van der Waals surface area contributed by atoms with Gasteiger partial charge in [-0.25, -0.2) is 4.39 Å². The van der Waals surface area contributed by atoms with Crippen LogP contribution in [0.2, 0.25) is 0 Å². The van der Waals surface area contributed by atoms with Crippen molar-refractivity contribution in [3.05, 3.63) is 30.1 Å². The number of nitrogens with one attached hydrogen (secondary N) is 1. The molecule has 6 heteroatoms. The largest absolute Gasteiger partial charge is 0.488 e. The number of halogens is 1. The predicted octanol–water partition coefficient (Wildman–Crippen LogP) is 2.58. The van der Waals surface area contributed by atoms with E-state index in [2.05, 4.69) is 24.1 Å². The maximum atomic E-state index is 13.6. The van der Waals surface area contributed by atoms with Crippen LogP contribution >= 0.6 is 0 Å². The lowest BCUT2D eigenvalue weighted by atomic mass is 9.92. The summed E-state index contributed by atoms with van der Waals surface area (Å²) in [7, 11) is 0. The van der Waals surface area contributed by atoms with Gasteiger partial charge in [0.2, 0.25) is 5.91 Å². The number of piperidine rings is 1. The Bertz CT molecular complexity index is 570. The number of hydrogen-bond donors (Lipinski definition) is 2.